The smallest absolute Gasteiger partial charge is 0.416 e. The molecule has 4 aromatic rings. The van der Waals surface area contributed by atoms with Crippen molar-refractivity contribution in [3.8, 4) is 23.1 Å². The lowest BCUT2D eigenvalue weighted by Crippen LogP contribution is -2.17. The van der Waals surface area contributed by atoms with E-state index >= 15 is 0 Å². The molecule has 13 heteroatoms. The summed E-state index contributed by atoms with van der Waals surface area (Å²) in [5, 5.41) is 4.34. The molecule has 4 rings (SSSR count). The van der Waals surface area contributed by atoms with Crippen LogP contribution in [0.3, 0.4) is 0 Å². The van der Waals surface area contributed by atoms with E-state index in [9.17, 15) is 26.4 Å². The molecule has 0 bridgehead atoms. The normalized spacial score (nSPS) is 11.9. The van der Waals surface area contributed by atoms with Gasteiger partial charge in [-0.3, -0.25) is 4.72 Å². The average Bonchev–Trinajstić information content (AvgIpc) is 3.31. The number of alkyl halides is 3. The number of hydrogen-bond donors (Lipinski definition) is 1. The maximum atomic E-state index is 13.0. The highest BCUT2D eigenvalue weighted by Gasteiger charge is 2.30. The second-order valence-electron chi connectivity index (χ2n) is 8.93. The molecule has 0 amide bonds. The predicted octanol–water partition coefficient (Wildman–Crippen LogP) is 5.47. The fraction of sp³-hybridized carbons (Fsp3) is 0.222. The third kappa shape index (κ3) is 6.78. The van der Waals surface area contributed by atoms with Gasteiger partial charge in [-0.05, 0) is 61.9 Å². The maximum absolute atomic E-state index is 13.0. The summed E-state index contributed by atoms with van der Waals surface area (Å²) >= 11 is 0. The van der Waals surface area contributed by atoms with E-state index in [-0.39, 0.29) is 34.8 Å². The number of methoxy groups -OCH3 is 1. The summed E-state index contributed by atoms with van der Waals surface area (Å²) in [6.07, 6.45) is -4.74. The molecule has 0 radical (unpaired) electrons. The standard InChI is InChI=1S/C27H25F3N4O5S/c1-17(2)39-26-31-24(18-8-10-20(11-9-18)27(28,29)30)34(32-26)22-14-12-21(13-15-22)33-40(36,37)16-19-6-4-5-7-23(19)25(35)38-3/h4-15,17,33H,16H2,1-3H3. The third-order valence-corrected chi connectivity index (χ3v) is 6.79. The van der Waals surface area contributed by atoms with Crippen molar-refractivity contribution in [2.45, 2.75) is 31.9 Å². The van der Waals surface area contributed by atoms with Gasteiger partial charge in [-0.1, -0.05) is 30.3 Å². The van der Waals surface area contributed by atoms with Crippen molar-refractivity contribution in [1.82, 2.24) is 14.8 Å². The lowest BCUT2D eigenvalue weighted by molar-refractivity contribution is -0.137. The number of anilines is 1. The van der Waals surface area contributed by atoms with Gasteiger partial charge in [-0.25, -0.2) is 17.9 Å². The van der Waals surface area contributed by atoms with Gasteiger partial charge in [0.05, 0.1) is 35.8 Å². The molecule has 210 valence electrons. The number of hydrogen-bond acceptors (Lipinski definition) is 7. The van der Waals surface area contributed by atoms with Crippen molar-refractivity contribution in [3.63, 3.8) is 0 Å². The Morgan fingerprint density at radius 1 is 1.00 bits per heavy atom. The molecule has 1 aromatic heterocycles. The van der Waals surface area contributed by atoms with Crippen LogP contribution in [0.4, 0.5) is 18.9 Å². The van der Waals surface area contributed by atoms with Gasteiger partial charge in [0.15, 0.2) is 5.82 Å². The third-order valence-electron chi connectivity index (χ3n) is 5.55. The van der Waals surface area contributed by atoms with Crippen LogP contribution in [0, 0.1) is 0 Å². The van der Waals surface area contributed by atoms with E-state index in [2.05, 4.69) is 14.8 Å². The Morgan fingerprint density at radius 3 is 2.25 bits per heavy atom. The van der Waals surface area contributed by atoms with Crippen molar-refractivity contribution in [2.75, 3.05) is 11.8 Å². The number of aromatic nitrogens is 3. The van der Waals surface area contributed by atoms with Crippen LogP contribution in [-0.2, 0) is 26.7 Å². The van der Waals surface area contributed by atoms with Gasteiger partial charge in [0, 0.05) is 11.3 Å². The van der Waals surface area contributed by atoms with Gasteiger partial charge in [0.25, 0.3) is 0 Å². The van der Waals surface area contributed by atoms with Crippen LogP contribution in [0.15, 0.2) is 72.8 Å². The van der Waals surface area contributed by atoms with Crippen molar-refractivity contribution >= 4 is 21.7 Å². The lowest BCUT2D eigenvalue weighted by Gasteiger charge is -2.12. The summed E-state index contributed by atoms with van der Waals surface area (Å²) in [5.74, 6) is -0.873. The van der Waals surface area contributed by atoms with E-state index in [4.69, 9.17) is 9.47 Å². The topological polar surface area (TPSA) is 112 Å². The number of nitrogens with zero attached hydrogens (tertiary/aromatic N) is 3. The predicted molar refractivity (Wildman–Crippen MR) is 142 cm³/mol. The number of esters is 1. The second kappa shape index (κ2) is 11.4. The first kappa shape index (κ1) is 28.6. The number of sulfonamides is 1. The van der Waals surface area contributed by atoms with Gasteiger partial charge < -0.3 is 9.47 Å². The fourth-order valence-electron chi connectivity index (χ4n) is 3.78. The number of rotatable bonds is 9. The number of benzene rings is 3. The summed E-state index contributed by atoms with van der Waals surface area (Å²) in [6, 6.07) is 16.9. The van der Waals surface area contributed by atoms with Gasteiger partial charge in [-0.15, -0.1) is 5.10 Å². The van der Waals surface area contributed by atoms with Crippen LogP contribution in [-0.4, -0.2) is 42.4 Å². The van der Waals surface area contributed by atoms with E-state index < -0.39 is 33.5 Å². The van der Waals surface area contributed by atoms with Crippen molar-refractivity contribution in [3.05, 3.63) is 89.5 Å². The molecule has 0 fully saturated rings. The maximum Gasteiger partial charge on any atom is 0.416 e. The molecule has 9 nitrogen and oxygen atoms in total. The number of halogens is 3. The molecule has 0 saturated carbocycles. The number of carbonyl (C=O) groups is 1. The minimum atomic E-state index is -4.48. The van der Waals surface area contributed by atoms with Gasteiger partial charge in [-0.2, -0.15) is 18.2 Å². The molecular formula is C27H25F3N4O5S. The monoisotopic (exact) mass is 574 g/mol. The Bertz CT molecular complexity index is 1600. The highest BCUT2D eigenvalue weighted by Crippen LogP contribution is 2.32. The highest BCUT2D eigenvalue weighted by atomic mass is 32.2. The van der Waals surface area contributed by atoms with Crippen LogP contribution >= 0.6 is 0 Å². The second-order valence-corrected chi connectivity index (χ2v) is 10.7. The summed E-state index contributed by atoms with van der Waals surface area (Å²) < 4.78 is 79.0. The number of carbonyl (C=O) groups excluding carboxylic acids is 1. The average molecular weight is 575 g/mol. The molecule has 0 saturated heterocycles. The molecule has 0 unspecified atom stereocenters. The molecule has 0 aliphatic heterocycles. The molecule has 1 N–H and O–H groups in total. The molecule has 0 aliphatic carbocycles. The largest absolute Gasteiger partial charge is 0.465 e. The molecule has 0 spiro atoms. The minimum absolute atomic E-state index is 0.0268. The molecular weight excluding hydrogens is 549 g/mol. The van der Waals surface area contributed by atoms with Crippen LogP contribution < -0.4 is 9.46 Å². The van der Waals surface area contributed by atoms with Crippen LogP contribution in [0.1, 0.15) is 35.3 Å². The molecule has 0 atom stereocenters. The first-order valence-corrected chi connectivity index (χ1v) is 13.6. The number of nitrogens with one attached hydrogen (secondary N) is 1. The Kier molecular flexibility index (Phi) is 8.14. The first-order valence-electron chi connectivity index (χ1n) is 11.9. The van der Waals surface area contributed by atoms with Crippen molar-refractivity contribution in [1.29, 1.82) is 0 Å². The number of ether oxygens (including phenoxy) is 2. The van der Waals surface area contributed by atoms with E-state index in [1.165, 1.54) is 48.2 Å². The molecule has 3 aromatic carbocycles. The minimum Gasteiger partial charge on any atom is -0.465 e. The zero-order chi connectivity index (χ0) is 29.1. The van der Waals surface area contributed by atoms with Gasteiger partial charge in [0.2, 0.25) is 10.0 Å². The summed E-state index contributed by atoms with van der Waals surface area (Å²) in [6.45, 7) is 3.56. The molecule has 1 heterocycles. The zero-order valence-electron chi connectivity index (χ0n) is 21.6. The van der Waals surface area contributed by atoms with Crippen LogP contribution in [0.25, 0.3) is 17.1 Å². The summed E-state index contributed by atoms with van der Waals surface area (Å²) in [5.41, 5.74) is 0.696. The van der Waals surface area contributed by atoms with E-state index in [1.54, 1.807) is 38.1 Å². The Balaban J connectivity index is 1.60. The van der Waals surface area contributed by atoms with E-state index in [0.29, 0.717) is 11.3 Å². The SMILES string of the molecule is COC(=O)c1ccccc1CS(=O)(=O)Nc1ccc(-n2nc(OC(C)C)nc2-c2ccc(C(F)(F)F)cc2)cc1. The Hall–Kier alpha value is -4.39. The molecule has 0 aliphatic rings. The summed E-state index contributed by atoms with van der Waals surface area (Å²) in [7, 11) is -2.70. The highest BCUT2D eigenvalue weighted by molar-refractivity contribution is 7.91. The first-order chi connectivity index (χ1) is 18.9. The Morgan fingerprint density at radius 2 is 1.65 bits per heavy atom. The van der Waals surface area contributed by atoms with Crippen LogP contribution in [0.2, 0.25) is 0 Å². The summed E-state index contributed by atoms with van der Waals surface area (Å²) in [4.78, 5) is 16.3. The van der Waals surface area contributed by atoms with E-state index in [0.717, 1.165) is 12.1 Å². The fourth-order valence-corrected chi connectivity index (χ4v) is 5.00. The quantitative estimate of drug-likeness (QED) is 0.264. The molecule has 40 heavy (non-hydrogen) atoms. The van der Waals surface area contributed by atoms with Crippen molar-refractivity contribution < 1.29 is 35.9 Å². The van der Waals surface area contributed by atoms with Crippen LogP contribution in [0.5, 0.6) is 6.01 Å². The zero-order valence-corrected chi connectivity index (χ0v) is 22.5. The van der Waals surface area contributed by atoms with Crippen molar-refractivity contribution in [2.24, 2.45) is 0 Å². The van der Waals surface area contributed by atoms with E-state index in [1.807, 2.05) is 0 Å². The van der Waals surface area contributed by atoms with Gasteiger partial charge in [0.1, 0.15) is 0 Å². The van der Waals surface area contributed by atoms with Gasteiger partial charge >= 0.3 is 18.2 Å². The lowest BCUT2D eigenvalue weighted by atomic mass is 10.1. The Labute approximate surface area is 228 Å².